The minimum absolute atomic E-state index is 0.185. The predicted octanol–water partition coefficient (Wildman–Crippen LogP) is 3.21. The van der Waals surface area contributed by atoms with Gasteiger partial charge < -0.3 is 4.42 Å². The van der Waals surface area contributed by atoms with Gasteiger partial charge in [-0.05, 0) is 54.4 Å². The number of amides is 2. The van der Waals surface area contributed by atoms with Gasteiger partial charge in [-0.25, -0.2) is 0 Å². The topological polar surface area (TPSA) is 86.7 Å². The zero-order valence-corrected chi connectivity index (χ0v) is 15.4. The average Bonchev–Trinajstić information content (AvgIpc) is 3.39. The lowest BCUT2D eigenvalue weighted by Crippen LogP contribution is -2.40. The van der Waals surface area contributed by atoms with E-state index in [0.717, 1.165) is 11.4 Å². The van der Waals surface area contributed by atoms with Crippen LogP contribution >= 0.6 is 0 Å². The van der Waals surface area contributed by atoms with Gasteiger partial charge in [0.15, 0.2) is 0 Å². The van der Waals surface area contributed by atoms with Crippen LogP contribution in [0, 0.1) is 46.8 Å². The summed E-state index contributed by atoms with van der Waals surface area (Å²) in [5.74, 6) is 1.57. The second-order valence-electron chi connectivity index (χ2n) is 8.25. The van der Waals surface area contributed by atoms with E-state index < -0.39 is 0 Å². The number of nitrogens with zero attached hydrogens (tertiary/aromatic N) is 3. The third kappa shape index (κ3) is 2.24. The highest BCUT2D eigenvalue weighted by Crippen LogP contribution is 2.65. The first-order valence-corrected chi connectivity index (χ1v) is 9.87. The number of carbonyl (C=O) groups is 2. The molecule has 6 heteroatoms. The van der Waals surface area contributed by atoms with Gasteiger partial charge in [-0.15, -0.1) is 0 Å². The van der Waals surface area contributed by atoms with Gasteiger partial charge in [-0.3, -0.25) is 9.59 Å². The van der Waals surface area contributed by atoms with Crippen LogP contribution in [-0.4, -0.2) is 23.0 Å². The first kappa shape index (κ1) is 16.5. The van der Waals surface area contributed by atoms with Crippen LogP contribution in [0.25, 0.3) is 11.3 Å². The normalized spacial score (nSPS) is 33.8. The highest BCUT2D eigenvalue weighted by molar-refractivity contribution is 6.06. The molecule has 6 atom stereocenters. The van der Waals surface area contributed by atoms with E-state index in [4.69, 9.17) is 4.42 Å². The molecule has 6 nitrogen and oxygen atoms in total. The number of hydrogen-bond acceptors (Lipinski definition) is 5. The summed E-state index contributed by atoms with van der Waals surface area (Å²) >= 11 is 0. The molecular formula is C23H17N3O3. The second-order valence-corrected chi connectivity index (χ2v) is 8.25. The number of hydrogen-bond donors (Lipinski definition) is 0. The zero-order valence-electron chi connectivity index (χ0n) is 15.4. The number of carbonyl (C=O) groups excluding carboxylic acids is 2. The maximum atomic E-state index is 12.9. The summed E-state index contributed by atoms with van der Waals surface area (Å²) in [5.41, 5.74) is 1.21. The Morgan fingerprint density at radius 2 is 1.72 bits per heavy atom. The summed E-state index contributed by atoms with van der Waals surface area (Å²) < 4.78 is 5.78. The maximum absolute atomic E-state index is 12.9. The van der Waals surface area contributed by atoms with Crippen molar-refractivity contribution >= 4 is 18.0 Å². The summed E-state index contributed by atoms with van der Waals surface area (Å²) in [6.45, 7) is 0. The quantitative estimate of drug-likeness (QED) is 0.463. The van der Waals surface area contributed by atoms with Crippen molar-refractivity contribution in [1.29, 1.82) is 5.26 Å². The van der Waals surface area contributed by atoms with Gasteiger partial charge in [0.2, 0.25) is 0 Å². The van der Waals surface area contributed by atoms with Gasteiger partial charge in [0.1, 0.15) is 11.5 Å². The number of allylic oxidation sites excluding steroid dienone is 2. The van der Waals surface area contributed by atoms with Crippen molar-refractivity contribution in [2.24, 2.45) is 40.6 Å². The predicted molar refractivity (Wildman–Crippen MR) is 103 cm³/mol. The van der Waals surface area contributed by atoms with Crippen LogP contribution in [0.2, 0.25) is 0 Å². The molecule has 2 saturated carbocycles. The first-order chi connectivity index (χ1) is 14.2. The van der Waals surface area contributed by atoms with E-state index in [1.165, 1.54) is 6.21 Å². The fraction of sp³-hybridized carbons (Fsp3) is 0.304. The minimum Gasteiger partial charge on any atom is -0.455 e. The highest BCUT2D eigenvalue weighted by Gasteiger charge is 2.67. The molecule has 0 spiro atoms. The minimum atomic E-state index is -0.256. The molecule has 2 heterocycles. The molecule has 29 heavy (non-hydrogen) atoms. The fourth-order valence-electron chi connectivity index (χ4n) is 5.53. The number of furan rings is 1. The monoisotopic (exact) mass is 383 g/mol. The molecule has 0 N–H and O–H groups in total. The van der Waals surface area contributed by atoms with Crippen molar-refractivity contribution in [1.82, 2.24) is 5.01 Å². The molecular weight excluding hydrogens is 366 g/mol. The van der Waals surface area contributed by atoms with E-state index in [-0.39, 0.29) is 35.5 Å². The number of imide groups is 1. The molecule has 1 aromatic carbocycles. The second kappa shape index (κ2) is 5.77. The third-order valence-electron chi connectivity index (χ3n) is 6.88. The Balaban J connectivity index is 1.26. The SMILES string of the molecule is N#Cc1ccccc1-c1ccc(/C=N\N2C(=O)[C@H]3[C@@H]4C=C[C@H]([C@H]5C[C@H]45)[C@@H]3C2=O)o1. The standard InChI is InChI=1S/C23H17N3O3/c24-10-12-3-1-2-4-14(12)19-8-5-13(29-19)11-25-26-22(27)20-15-6-7-16(18-9-17(15)18)21(20)23(26)28/h1-8,11,15-18,20-21H,9H2/b25-11-/t15-,16-,17-,18-,20+,21+/m1/s1. The summed E-state index contributed by atoms with van der Waals surface area (Å²) in [5, 5.41) is 14.5. The van der Waals surface area contributed by atoms with Crippen LogP contribution < -0.4 is 0 Å². The van der Waals surface area contributed by atoms with E-state index >= 15 is 0 Å². The van der Waals surface area contributed by atoms with E-state index in [1.54, 1.807) is 24.3 Å². The Bertz CT molecular complexity index is 1120. The lowest BCUT2D eigenvalue weighted by molar-refractivity contribution is -0.140. The van der Waals surface area contributed by atoms with Gasteiger partial charge in [-0.2, -0.15) is 15.4 Å². The van der Waals surface area contributed by atoms with Crippen LogP contribution in [0.5, 0.6) is 0 Å². The molecule has 3 fully saturated rings. The molecule has 1 saturated heterocycles. The summed E-state index contributed by atoms with van der Waals surface area (Å²) in [7, 11) is 0. The van der Waals surface area contributed by atoms with Crippen molar-refractivity contribution in [3.8, 4) is 17.4 Å². The molecule has 0 unspecified atom stereocenters. The van der Waals surface area contributed by atoms with Crippen LogP contribution in [-0.2, 0) is 9.59 Å². The Morgan fingerprint density at radius 3 is 2.41 bits per heavy atom. The summed E-state index contributed by atoms with van der Waals surface area (Å²) in [6.07, 6.45) is 6.83. The first-order valence-electron chi connectivity index (χ1n) is 9.87. The molecule has 2 aromatic rings. The third-order valence-corrected chi connectivity index (χ3v) is 6.88. The zero-order chi connectivity index (χ0) is 19.7. The highest BCUT2D eigenvalue weighted by atomic mass is 16.3. The average molecular weight is 383 g/mol. The van der Waals surface area contributed by atoms with Crippen molar-refractivity contribution in [2.45, 2.75) is 6.42 Å². The Kier molecular flexibility index (Phi) is 3.28. The maximum Gasteiger partial charge on any atom is 0.254 e. The smallest absolute Gasteiger partial charge is 0.254 e. The number of hydrazone groups is 1. The molecule has 5 aliphatic rings. The van der Waals surface area contributed by atoms with E-state index in [2.05, 4.69) is 23.3 Å². The van der Waals surface area contributed by atoms with Gasteiger partial charge in [0.05, 0.1) is 29.7 Å². The van der Waals surface area contributed by atoms with Crippen molar-refractivity contribution < 1.29 is 14.0 Å². The molecule has 1 aromatic heterocycles. The van der Waals surface area contributed by atoms with Gasteiger partial charge in [-0.1, -0.05) is 24.3 Å². The Labute approximate surface area is 167 Å². The lowest BCUT2D eigenvalue weighted by Gasteiger charge is -2.37. The van der Waals surface area contributed by atoms with E-state index in [1.807, 2.05) is 12.1 Å². The molecule has 0 radical (unpaired) electrons. The lowest BCUT2D eigenvalue weighted by atomic mass is 9.63. The largest absolute Gasteiger partial charge is 0.455 e. The van der Waals surface area contributed by atoms with E-state index in [0.29, 0.717) is 34.5 Å². The molecule has 2 amide bonds. The van der Waals surface area contributed by atoms with Crippen molar-refractivity contribution in [3.63, 3.8) is 0 Å². The van der Waals surface area contributed by atoms with Gasteiger partial charge in [0, 0.05) is 5.56 Å². The number of rotatable bonds is 3. The van der Waals surface area contributed by atoms with Gasteiger partial charge in [0.25, 0.3) is 11.8 Å². The van der Waals surface area contributed by atoms with Crippen LogP contribution in [0.4, 0.5) is 0 Å². The fourth-order valence-corrected chi connectivity index (χ4v) is 5.53. The van der Waals surface area contributed by atoms with Crippen LogP contribution in [0.1, 0.15) is 17.7 Å². The van der Waals surface area contributed by atoms with Gasteiger partial charge >= 0.3 is 0 Å². The summed E-state index contributed by atoms with van der Waals surface area (Å²) in [6, 6.07) is 12.8. The van der Waals surface area contributed by atoms with Crippen LogP contribution in [0.15, 0.2) is 58.1 Å². The number of nitriles is 1. The molecule has 1 aliphatic heterocycles. The molecule has 2 bridgehead atoms. The number of benzene rings is 1. The molecule has 4 aliphatic carbocycles. The molecule has 7 rings (SSSR count). The Morgan fingerprint density at radius 1 is 1.03 bits per heavy atom. The van der Waals surface area contributed by atoms with E-state index in [9.17, 15) is 14.9 Å². The Hall–Kier alpha value is -3.46. The summed E-state index contributed by atoms with van der Waals surface area (Å²) in [4.78, 5) is 25.9. The van der Waals surface area contributed by atoms with Crippen molar-refractivity contribution in [2.75, 3.05) is 0 Å². The van der Waals surface area contributed by atoms with Crippen molar-refractivity contribution in [3.05, 3.63) is 59.9 Å². The van der Waals surface area contributed by atoms with Crippen LogP contribution in [0.3, 0.4) is 0 Å². The molecule has 142 valence electrons.